The zero-order valence-corrected chi connectivity index (χ0v) is 20.4. The second kappa shape index (κ2) is 10.1. The van der Waals surface area contributed by atoms with Crippen molar-refractivity contribution >= 4 is 22.4 Å². The van der Waals surface area contributed by atoms with Crippen molar-refractivity contribution in [2.24, 2.45) is 7.05 Å². The molecule has 1 heterocycles. The van der Waals surface area contributed by atoms with E-state index in [9.17, 15) is 10.5 Å². The van der Waals surface area contributed by atoms with E-state index >= 15 is 0 Å². The molecule has 1 aromatic heterocycles. The topological polar surface area (TPSA) is 77.4 Å². The number of aromatic nitrogens is 2. The quantitative estimate of drug-likeness (QED) is 0.296. The van der Waals surface area contributed by atoms with E-state index in [0.29, 0.717) is 22.7 Å². The Morgan fingerprint density at radius 3 is 2.44 bits per heavy atom. The molecule has 0 saturated carbocycles. The maximum absolute atomic E-state index is 9.92. The molecule has 5 aromatic rings. The Hall–Kier alpha value is -4.42. The van der Waals surface area contributed by atoms with Crippen molar-refractivity contribution in [3.63, 3.8) is 0 Å². The maximum Gasteiger partial charge on any atom is 0.101 e. The van der Waals surface area contributed by atoms with Crippen LogP contribution in [-0.4, -0.2) is 9.55 Å². The molecule has 0 aliphatic carbocycles. The summed E-state index contributed by atoms with van der Waals surface area (Å²) in [6.45, 7) is 0.533. The number of aryl methyl sites for hydroxylation is 1. The molecule has 4 aromatic carbocycles. The zero-order valence-electron chi connectivity index (χ0n) is 19.6. The molecule has 1 unspecified atom stereocenters. The minimum atomic E-state index is -0.187. The van der Waals surface area contributed by atoms with E-state index in [1.807, 2.05) is 60.3 Å². The minimum Gasteiger partial charge on any atom is -0.336 e. The molecule has 1 N–H and O–H groups in total. The number of rotatable bonds is 6. The number of halogens is 1. The van der Waals surface area contributed by atoms with Crippen molar-refractivity contribution in [3.8, 4) is 23.3 Å². The Morgan fingerprint density at radius 2 is 1.69 bits per heavy atom. The van der Waals surface area contributed by atoms with Gasteiger partial charge >= 0.3 is 0 Å². The average molecular weight is 488 g/mol. The van der Waals surface area contributed by atoms with E-state index < -0.39 is 0 Å². The number of imidazole rings is 1. The molecule has 5 rings (SSSR count). The number of hydrogen-bond donors (Lipinski definition) is 1. The Kier molecular flexibility index (Phi) is 6.52. The van der Waals surface area contributed by atoms with Crippen molar-refractivity contribution in [2.45, 2.75) is 12.6 Å². The van der Waals surface area contributed by atoms with Crippen molar-refractivity contribution in [2.75, 3.05) is 0 Å². The highest BCUT2D eigenvalue weighted by molar-refractivity contribution is 6.31. The molecule has 0 aliphatic heterocycles. The fourth-order valence-corrected chi connectivity index (χ4v) is 4.79. The van der Waals surface area contributed by atoms with Gasteiger partial charge in [0.15, 0.2) is 0 Å². The SMILES string of the molecule is Cn1cncc1C(NCc1ccc(C#N)c(Cl)c1)c1ccc(C#N)c(-c2cccc3ccccc23)c1. The van der Waals surface area contributed by atoms with Gasteiger partial charge in [0.2, 0.25) is 0 Å². The number of nitriles is 2. The molecule has 36 heavy (non-hydrogen) atoms. The summed E-state index contributed by atoms with van der Waals surface area (Å²) in [5.41, 5.74) is 5.96. The molecule has 0 amide bonds. The average Bonchev–Trinajstić information content (AvgIpc) is 3.34. The Balaban J connectivity index is 1.58. The normalized spacial score (nSPS) is 11.7. The summed E-state index contributed by atoms with van der Waals surface area (Å²) in [5, 5.41) is 25.4. The van der Waals surface area contributed by atoms with Crippen LogP contribution in [-0.2, 0) is 13.6 Å². The molecule has 5 nitrogen and oxygen atoms in total. The van der Waals surface area contributed by atoms with Gasteiger partial charge in [-0.15, -0.1) is 0 Å². The van der Waals surface area contributed by atoms with Crippen LogP contribution in [0.5, 0.6) is 0 Å². The molecule has 6 heteroatoms. The van der Waals surface area contributed by atoms with Gasteiger partial charge in [-0.3, -0.25) is 0 Å². The highest BCUT2D eigenvalue weighted by Crippen LogP contribution is 2.34. The largest absolute Gasteiger partial charge is 0.336 e. The first-order chi connectivity index (χ1) is 17.6. The van der Waals surface area contributed by atoms with Crippen molar-refractivity contribution in [1.82, 2.24) is 14.9 Å². The summed E-state index contributed by atoms with van der Waals surface area (Å²) >= 11 is 6.26. The van der Waals surface area contributed by atoms with Gasteiger partial charge in [-0.05, 0) is 51.7 Å². The van der Waals surface area contributed by atoms with E-state index in [-0.39, 0.29) is 6.04 Å². The van der Waals surface area contributed by atoms with Gasteiger partial charge in [-0.2, -0.15) is 10.5 Å². The molecule has 0 bridgehead atoms. The summed E-state index contributed by atoms with van der Waals surface area (Å²) in [7, 11) is 1.96. The maximum atomic E-state index is 9.92. The van der Waals surface area contributed by atoms with E-state index in [0.717, 1.165) is 38.7 Å². The van der Waals surface area contributed by atoms with Crippen molar-refractivity contribution in [3.05, 3.63) is 124 Å². The molecular weight excluding hydrogens is 466 g/mol. The predicted molar refractivity (Wildman–Crippen MR) is 142 cm³/mol. The second-order valence-corrected chi connectivity index (χ2v) is 9.02. The van der Waals surface area contributed by atoms with Crippen molar-refractivity contribution in [1.29, 1.82) is 10.5 Å². The lowest BCUT2D eigenvalue weighted by Crippen LogP contribution is -2.24. The van der Waals surface area contributed by atoms with Gasteiger partial charge in [0.05, 0.1) is 46.5 Å². The summed E-state index contributed by atoms with van der Waals surface area (Å²) in [6, 6.07) is 30.1. The summed E-state index contributed by atoms with van der Waals surface area (Å²) < 4.78 is 1.99. The molecule has 0 spiro atoms. The highest BCUT2D eigenvalue weighted by atomic mass is 35.5. The van der Waals surface area contributed by atoms with Gasteiger partial charge in [0.25, 0.3) is 0 Å². The van der Waals surface area contributed by atoms with Gasteiger partial charge in [-0.1, -0.05) is 66.2 Å². The van der Waals surface area contributed by atoms with E-state index in [4.69, 9.17) is 11.6 Å². The molecule has 0 radical (unpaired) electrons. The smallest absolute Gasteiger partial charge is 0.101 e. The van der Waals surface area contributed by atoms with Gasteiger partial charge in [0, 0.05) is 19.2 Å². The second-order valence-electron chi connectivity index (χ2n) is 8.61. The first-order valence-electron chi connectivity index (χ1n) is 11.5. The lowest BCUT2D eigenvalue weighted by atomic mass is 9.91. The number of nitrogens with one attached hydrogen (secondary N) is 1. The summed E-state index contributed by atoms with van der Waals surface area (Å²) in [4.78, 5) is 4.33. The van der Waals surface area contributed by atoms with Gasteiger partial charge in [-0.25, -0.2) is 4.98 Å². The summed E-state index contributed by atoms with van der Waals surface area (Å²) in [6.07, 6.45) is 3.62. The third kappa shape index (κ3) is 4.46. The van der Waals surface area contributed by atoms with Gasteiger partial charge in [0.1, 0.15) is 6.07 Å². The lowest BCUT2D eigenvalue weighted by molar-refractivity contribution is 0.573. The van der Waals surface area contributed by atoms with Crippen molar-refractivity contribution < 1.29 is 0 Å². The first-order valence-corrected chi connectivity index (χ1v) is 11.9. The van der Waals surface area contributed by atoms with Crippen LogP contribution < -0.4 is 5.32 Å². The third-order valence-corrected chi connectivity index (χ3v) is 6.70. The van der Waals surface area contributed by atoms with Crippen LogP contribution in [0, 0.1) is 22.7 Å². The number of fused-ring (bicyclic) bond motifs is 1. The number of benzene rings is 4. The van der Waals surface area contributed by atoms with E-state index in [1.165, 1.54) is 0 Å². The number of hydrogen-bond acceptors (Lipinski definition) is 4. The predicted octanol–water partition coefficient (Wildman–Crippen LogP) is 6.52. The van der Waals surface area contributed by atoms with Crippen LogP contribution in [0.2, 0.25) is 5.02 Å². The van der Waals surface area contributed by atoms with Crippen LogP contribution in [0.1, 0.15) is 34.0 Å². The molecule has 1 atom stereocenters. The van der Waals surface area contributed by atoms with Gasteiger partial charge < -0.3 is 9.88 Å². The van der Waals surface area contributed by atoms with E-state index in [1.54, 1.807) is 12.4 Å². The first kappa shape index (κ1) is 23.3. The lowest BCUT2D eigenvalue weighted by Gasteiger charge is -2.21. The third-order valence-electron chi connectivity index (χ3n) is 6.39. The standard InChI is InChI=1S/C30H22ClN5/c1-36-19-34-18-29(36)30(35-17-20-9-10-24(16-33)28(31)13-20)22-11-12-23(15-32)27(14-22)26-8-4-6-21-5-2-3-7-25(21)26/h2-14,18-19,30,35H,17H2,1H3. The molecular formula is C30H22ClN5. The monoisotopic (exact) mass is 487 g/mol. The van der Waals surface area contributed by atoms with E-state index in [2.05, 4.69) is 52.8 Å². The fourth-order valence-electron chi connectivity index (χ4n) is 4.54. The minimum absolute atomic E-state index is 0.187. The molecule has 0 aliphatic rings. The summed E-state index contributed by atoms with van der Waals surface area (Å²) in [5.74, 6) is 0. The van der Waals surface area contributed by atoms with Crippen LogP contribution in [0.15, 0.2) is 91.4 Å². The Labute approximate surface area is 214 Å². The van der Waals surface area contributed by atoms with Crippen LogP contribution in [0.25, 0.3) is 21.9 Å². The van der Waals surface area contributed by atoms with Crippen LogP contribution in [0.4, 0.5) is 0 Å². The zero-order chi connectivity index (χ0) is 25.1. The van der Waals surface area contributed by atoms with Crippen LogP contribution >= 0.6 is 11.6 Å². The molecule has 174 valence electrons. The fraction of sp³-hybridized carbons (Fsp3) is 0.100. The Bertz CT molecular complexity index is 1650. The highest BCUT2D eigenvalue weighted by Gasteiger charge is 2.20. The molecule has 0 saturated heterocycles. The number of nitrogens with zero attached hydrogens (tertiary/aromatic N) is 4. The molecule has 0 fully saturated rings. The van der Waals surface area contributed by atoms with Crippen LogP contribution in [0.3, 0.4) is 0 Å². The Morgan fingerprint density at radius 1 is 0.917 bits per heavy atom.